The largest absolute Gasteiger partial charge is 0.392 e. The summed E-state index contributed by atoms with van der Waals surface area (Å²) in [5.41, 5.74) is 1.71. The predicted octanol–water partition coefficient (Wildman–Crippen LogP) is 2.02. The molecule has 0 amide bonds. The van der Waals surface area contributed by atoms with Gasteiger partial charge in [0.2, 0.25) is 0 Å². The molecule has 0 radical (unpaired) electrons. The van der Waals surface area contributed by atoms with Gasteiger partial charge in [0, 0.05) is 12.7 Å². The average molecular weight is 292 g/mol. The van der Waals surface area contributed by atoms with Crippen molar-refractivity contribution >= 4 is 21.4 Å². The van der Waals surface area contributed by atoms with E-state index in [2.05, 4.69) is 10.0 Å². The summed E-state index contributed by atoms with van der Waals surface area (Å²) in [5, 5.41) is 11.8. The second-order valence-electron chi connectivity index (χ2n) is 4.21. The summed E-state index contributed by atoms with van der Waals surface area (Å²) in [5.74, 6) is 0. The van der Waals surface area contributed by atoms with Crippen LogP contribution in [-0.2, 0) is 16.6 Å². The summed E-state index contributed by atoms with van der Waals surface area (Å²) in [7, 11) is -1.98. The van der Waals surface area contributed by atoms with Crippen LogP contribution in [-0.4, -0.2) is 20.6 Å². The van der Waals surface area contributed by atoms with E-state index in [0.717, 1.165) is 5.56 Å². The second-order valence-corrected chi connectivity index (χ2v) is 5.86. The lowest BCUT2D eigenvalue weighted by Gasteiger charge is -2.12. The summed E-state index contributed by atoms with van der Waals surface area (Å²) in [6.45, 7) is -0.0738. The summed E-state index contributed by atoms with van der Waals surface area (Å²) >= 11 is 0. The van der Waals surface area contributed by atoms with Gasteiger partial charge in [-0.1, -0.05) is 24.3 Å². The first-order valence-electron chi connectivity index (χ1n) is 6.06. The molecule has 0 saturated heterocycles. The Morgan fingerprint density at radius 1 is 1.05 bits per heavy atom. The summed E-state index contributed by atoms with van der Waals surface area (Å²) in [4.78, 5) is 0.189. The van der Waals surface area contributed by atoms with Gasteiger partial charge in [-0.3, -0.25) is 4.72 Å². The fraction of sp³-hybridized carbons (Fsp3) is 0.143. The Morgan fingerprint density at radius 3 is 2.30 bits per heavy atom. The summed E-state index contributed by atoms with van der Waals surface area (Å²) in [6.07, 6.45) is 0. The molecule has 0 unspecified atom stereocenters. The van der Waals surface area contributed by atoms with Crippen LogP contribution in [0.5, 0.6) is 0 Å². The normalized spacial score (nSPS) is 11.1. The van der Waals surface area contributed by atoms with Gasteiger partial charge in [0.05, 0.1) is 12.3 Å². The molecular weight excluding hydrogens is 276 g/mol. The first-order valence-corrected chi connectivity index (χ1v) is 7.54. The van der Waals surface area contributed by atoms with Crippen LogP contribution < -0.4 is 10.0 Å². The van der Waals surface area contributed by atoms with E-state index in [4.69, 9.17) is 5.11 Å². The molecule has 0 aliphatic rings. The van der Waals surface area contributed by atoms with Crippen LogP contribution >= 0.6 is 0 Å². The van der Waals surface area contributed by atoms with Gasteiger partial charge in [-0.15, -0.1) is 0 Å². The number of hydrogen-bond donors (Lipinski definition) is 3. The number of benzene rings is 2. The first-order chi connectivity index (χ1) is 9.56. The van der Waals surface area contributed by atoms with Gasteiger partial charge < -0.3 is 10.4 Å². The van der Waals surface area contributed by atoms with E-state index >= 15 is 0 Å². The van der Waals surface area contributed by atoms with E-state index in [-0.39, 0.29) is 11.5 Å². The minimum Gasteiger partial charge on any atom is -0.392 e. The number of aliphatic hydroxyl groups is 1. The van der Waals surface area contributed by atoms with Gasteiger partial charge >= 0.3 is 0 Å². The van der Waals surface area contributed by atoms with Crippen molar-refractivity contribution < 1.29 is 13.5 Å². The Labute approximate surface area is 118 Å². The molecule has 0 atom stereocenters. The zero-order valence-corrected chi connectivity index (χ0v) is 11.8. The van der Waals surface area contributed by atoms with Gasteiger partial charge in [0.25, 0.3) is 10.0 Å². The van der Waals surface area contributed by atoms with E-state index in [1.165, 1.54) is 6.07 Å². The highest BCUT2D eigenvalue weighted by Crippen LogP contribution is 2.23. The fourth-order valence-corrected chi connectivity index (χ4v) is 3.07. The van der Waals surface area contributed by atoms with Crippen molar-refractivity contribution in [3.8, 4) is 0 Å². The third-order valence-electron chi connectivity index (χ3n) is 2.83. The van der Waals surface area contributed by atoms with Crippen molar-refractivity contribution in [2.24, 2.45) is 0 Å². The number of aliphatic hydroxyl groups excluding tert-OH is 1. The molecule has 0 heterocycles. The molecule has 2 rings (SSSR count). The quantitative estimate of drug-likeness (QED) is 0.788. The molecule has 0 saturated carbocycles. The Hall–Kier alpha value is -2.05. The number of hydrogen-bond acceptors (Lipinski definition) is 4. The molecule has 3 N–H and O–H groups in total. The zero-order valence-electron chi connectivity index (χ0n) is 11.0. The number of nitrogens with one attached hydrogen (secondary N) is 2. The van der Waals surface area contributed by atoms with Crippen LogP contribution in [0.4, 0.5) is 11.4 Å². The van der Waals surface area contributed by atoms with Gasteiger partial charge in [0.1, 0.15) is 4.90 Å². The van der Waals surface area contributed by atoms with Crippen molar-refractivity contribution in [2.45, 2.75) is 11.5 Å². The third kappa shape index (κ3) is 3.09. The number of para-hydroxylation sites is 1. The van der Waals surface area contributed by atoms with E-state index in [0.29, 0.717) is 11.4 Å². The van der Waals surface area contributed by atoms with E-state index < -0.39 is 10.0 Å². The molecule has 0 aromatic heterocycles. The molecule has 0 fully saturated rings. The topological polar surface area (TPSA) is 78.4 Å². The highest BCUT2D eigenvalue weighted by molar-refractivity contribution is 7.92. The van der Waals surface area contributed by atoms with Crippen LogP contribution in [0.1, 0.15) is 5.56 Å². The minimum atomic E-state index is -3.65. The van der Waals surface area contributed by atoms with Crippen LogP contribution in [0.25, 0.3) is 0 Å². The number of rotatable bonds is 5. The van der Waals surface area contributed by atoms with Gasteiger partial charge in [-0.2, -0.15) is 0 Å². The van der Waals surface area contributed by atoms with Crippen molar-refractivity contribution in [1.82, 2.24) is 0 Å². The Kier molecular flexibility index (Phi) is 4.26. The highest BCUT2D eigenvalue weighted by Gasteiger charge is 2.17. The van der Waals surface area contributed by atoms with Crippen LogP contribution in [0.15, 0.2) is 53.4 Å². The average Bonchev–Trinajstić information content (AvgIpc) is 2.47. The van der Waals surface area contributed by atoms with Crippen LogP contribution in [0.2, 0.25) is 0 Å². The molecule has 5 nitrogen and oxygen atoms in total. The lowest BCUT2D eigenvalue weighted by molar-refractivity contribution is 0.282. The first kappa shape index (κ1) is 14.4. The van der Waals surface area contributed by atoms with Gasteiger partial charge in [0.15, 0.2) is 0 Å². The molecule has 0 bridgehead atoms. The lowest BCUT2D eigenvalue weighted by Crippen LogP contribution is -2.14. The summed E-state index contributed by atoms with van der Waals surface area (Å²) in [6, 6.07) is 13.2. The maximum atomic E-state index is 12.3. The predicted molar refractivity (Wildman–Crippen MR) is 79.2 cm³/mol. The van der Waals surface area contributed by atoms with Gasteiger partial charge in [-0.05, 0) is 29.8 Å². The Bertz CT molecular complexity index is 682. The van der Waals surface area contributed by atoms with E-state index in [9.17, 15) is 8.42 Å². The lowest BCUT2D eigenvalue weighted by atomic mass is 10.2. The highest BCUT2D eigenvalue weighted by atomic mass is 32.2. The maximum absolute atomic E-state index is 12.3. The molecule has 0 aliphatic heterocycles. The van der Waals surface area contributed by atoms with Crippen molar-refractivity contribution in [3.63, 3.8) is 0 Å². The zero-order chi connectivity index (χ0) is 14.6. The maximum Gasteiger partial charge on any atom is 0.263 e. The molecule has 2 aromatic rings. The Balaban J connectivity index is 2.30. The molecule has 20 heavy (non-hydrogen) atoms. The summed E-state index contributed by atoms with van der Waals surface area (Å²) < 4.78 is 27.2. The molecular formula is C14H16N2O3S. The van der Waals surface area contributed by atoms with E-state index in [1.807, 2.05) is 0 Å². The molecule has 2 aromatic carbocycles. The Morgan fingerprint density at radius 2 is 1.70 bits per heavy atom. The molecule has 6 heteroatoms. The van der Waals surface area contributed by atoms with E-state index in [1.54, 1.807) is 49.5 Å². The van der Waals surface area contributed by atoms with Crippen molar-refractivity contribution in [2.75, 3.05) is 17.1 Å². The molecule has 0 aliphatic carbocycles. The molecule has 106 valence electrons. The second kappa shape index (κ2) is 5.94. The minimum absolute atomic E-state index is 0.0738. The van der Waals surface area contributed by atoms with Gasteiger partial charge in [-0.25, -0.2) is 8.42 Å². The standard InChI is InChI=1S/C14H16N2O3S/c1-15-13-4-2-3-5-14(13)20(18,19)16-12-8-6-11(10-17)7-9-12/h2-9,15-17H,10H2,1H3. The fourth-order valence-electron chi connectivity index (χ4n) is 1.80. The number of anilines is 2. The number of sulfonamides is 1. The van der Waals surface area contributed by atoms with Crippen LogP contribution in [0.3, 0.4) is 0 Å². The van der Waals surface area contributed by atoms with Crippen LogP contribution in [0, 0.1) is 0 Å². The van der Waals surface area contributed by atoms with Crippen molar-refractivity contribution in [1.29, 1.82) is 0 Å². The van der Waals surface area contributed by atoms with Crippen molar-refractivity contribution in [3.05, 3.63) is 54.1 Å². The SMILES string of the molecule is CNc1ccccc1S(=O)(=O)Nc1ccc(CO)cc1. The third-order valence-corrected chi connectivity index (χ3v) is 4.27. The molecule has 0 spiro atoms. The monoisotopic (exact) mass is 292 g/mol. The smallest absolute Gasteiger partial charge is 0.263 e.